The van der Waals surface area contributed by atoms with E-state index in [1.54, 1.807) is 12.4 Å². The maximum Gasteiger partial charge on any atom is 0.137 e. The second-order valence-corrected chi connectivity index (χ2v) is 4.17. The highest BCUT2D eigenvalue weighted by Gasteiger charge is 2.14. The van der Waals surface area contributed by atoms with Gasteiger partial charge in [-0.15, -0.1) is 0 Å². The van der Waals surface area contributed by atoms with Gasteiger partial charge in [0.05, 0.1) is 18.0 Å². The highest BCUT2D eigenvalue weighted by atomic mass is 16.3. The first kappa shape index (κ1) is 10.9. The lowest BCUT2D eigenvalue weighted by molar-refractivity contribution is 0.276. The molecule has 0 amide bonds. The summed E-state index contributed by atoms with van der Waals surface area (Å²) in [6.07, 6.45) is 3.49. The summed E-state index contributed by atoms with van der Waals surface area (Å²) in [6, 6.07) is 9.72. The van der Waals surface area contributed by atoms with Gasteiger partial charge in [-0.25, -0.2) is 4.98 Å². The number of imidazole rings is 1. The number of rotatable bonds is 2. The van der Waals surface area contributed by atoms with Crippen LogP contribution in [0.25, 0.3) is 16.9 Å². The van der Waals surface area contributed by atoms with Crippen LogP contribution in [0.4, 0.5) is 0 Å². The zero-order valence-corrected chi connectivity index (χ0v) is 10.0. The van der Waals surface area contributed by atoms with E-state index in [0.717, 1.165) is 28.3 Å². The van der Waals surface area contributed by atoms with Crippen molar-refractivity contribution in [3.05, 3.63) is 54.1 Å². The summed E-state index contributed by atoms with van der Waals surface area (Å²) in [5, 5.41) is 9.61. The van der Waals surface area contributed by atoms with Gasteiger partial charge >= 0.3 is 0 Å². The fourth-order valence-electron chi connectivity index (χ4n) is 2.21. The van der Waals surface area contributed by atoms with Gasteiger partial charge in [0.1, 0.15) is 5.65 Å². The van der Waals surface area contributed by atoms with Crippen LogP contribution in [0.3, 0.4) is 0 Å². The van der Waals surface area contributed by atoms with Gasteiger partial charge in [-0.3, -0.25) is 9.38 Å². The molecule has 0 aliphatic carbocycles. The van der Waals surface area contributed by atoms with E-state index in [-0.39, 0.29) is 6.61 Å². The number of nitrogens with zero attached hydrogens (tertiary/aromatic N) is 3. The Hall–Kier alpha value is -2.20. The summed E-state index contributed by atoms with van der Waals surface area (Å²) in [5.74, 6) is 0. The lowest BCUT2D eigenvalue weighted by Gasteiger charge is -2.04. The molecule has 0 bridgehead atoms. The number of aryl methyl sites for hydroxylation is 1. The zero-order valence-electron chi connectivity index (χ0n) is 10.0. The van der Waals surface area contributed by atoms with Gasteiger partial charge in [0.2, 0.25) is 0 Å². The van der Waals surface area contributed by atoms with Crippen molar-refractivity contribution in [2.45, 2.75) is 13.5 Å². The minimum absolute atomic E-state index is 0.0454. The Morgan fingerprint density at radius 3 is 2.83 bits per heavy atom. The third kappa shape index (κ3) is 1.58. The van der Waals surface area contributed by atoms with E-state index in [2.05, 4.69) is 9.97 Å². The Bertz CT molecular complexity index is 689. The molecule has 0 saturated carbocycles. The molecule has 3 rings (SSSR count). The largest absolute Gasteiger partial charge is 0.390 e. The number of hydrogen-bond donors (Lipinski definition) is 1. The van der Waals surface area contributed by atoms with Crippen LogP contribution >= 0.6 is 0 Å². The molecule has 1 N–H and O–H groups in total. The summed E-state index contributed by atoms with van der Waals surface area (Å²) >= 11 is 0. The molecule has 3 heterocycles. The van der Waals surface area contributed by atoms with E-state index in [9.17, 15) is 5.11 Å². The molecule has 0 aliphatic rings. The van der Waals surface area contributed by atoms with Crippen molar-refractivity contribution in [1.29, 1.82) is 0 Å². The molecular formula is C14H13N3O. The molecular weight excluding hydrogens is 226 g/mol. The molecule has 0 spiro atoms. The first-order valence-electron chi connectivity index (χ1n) is 5.79. The van der Waals surface area contributed by atoms with E-state index in [0.29, 0.717) is 0 Å². The first-order chi connectivity index (χ1) is 8.81. The smallest absolute Gasteiger partial charge is 0.137 e. The van der Waals surface area contributed by atoms with Crippen molar-refractivity contribution in [3.63, 3.8) is 0 Å². The highest BCUT2D eigenvalue weighted by molar-refractivity contribution is 5.66. The van der Waals surface area contributed by atoms with E-state index in [1.807, 2.05) is 41.7 Å². The molecule has 4 heteroatoms. The van der Waals surface area contributed by atoms with Crippen LogP contribution in [0.5, 0.6) is 0 Å². The van der Waals surface area contributed by atoms with Crippen molar-refractivity contribution < 1.29 is 5.11 Å². The van der Waals surface area contributed by atoms with Crippen molar-refractivity contribution >= 4 is 5.65 Å². The Kier molecular flexibility index (Phi) is 2.57. The maximum absolute atomic E-state index is 9.61. The molecule has 0 aromatic carbocycles. The number of aromatic nitrogens is 3. The number of hydrogen-bond acceptors (Lipinski definition) is 3. The average molecular weight is 239 g/mol. The van der Waals surface area contributed by atoms with E-state index in [1.165, 1.54) is 0 Å². The topological polar surface area (TPSA) is 50.4 Å². The van der Waals surface area contributed by atoms with Crippen LogP contribution in [0.2, 0.25) is 0 Å². The summed E-state index contributed by atoms with van der Waals surface area (Å²) < 4.78 is 1.97. The molecule has 3 aromatic rings. The Labute approximate surface area is 105 Å². The first-order valence-corrected chi connectivity index (χ1v) is 5.79. The van der Waals surface area contributed by atoms with Crippen LogP contribution in [0.15, 0.2) is 42.7 Å². The molecule has 0 radical (unpaired) electrons. The van der Waals surface area contributed by atoms with Gasteiger partial charge in [-0.2, -0.15) is 0 Å². The summed E-state index contributed by atoms with van der Waals surface area (Å²) in [6.45, 7) is 1.96. The Morgan fingerprint density at radius 1 is 1.22 bits per heavy atom. The normalized spacial score (nSPS) is 11.0. The van der Waals surface area contributed by atoms with Crippen LogP contribution in [0.1, 0.15) is 11.4 Å². The van der Waals surface area contributed by atoms with Gasteiger partial charge in [0.25, 0.3) is 0 Å². The number of aliphatic hydroxyl groups is 1. The Balaban J connectivity index is 2.34. The third-order valence-corrected chi connectivity index (χ3v) is 3.02. The minimum Gasteiger partial charge on any atom is -0.390 e. The molecule has 18 heavy (non-hydrogen) atoms. The number of pyridine rings is 2. The van der Waals surface area contributed by atoms with Gasteiger partial charge < -0.3 is 5.11 Å². The van der Waals surface area contributed by atoms with Crippen LogP contribution in [-0.2, 0) is 6.61 Å². The van der Waals surface area contributed by atoms with Crippen molar-refractivity contribution in [3.8, 4) is 11.3 Å². The minimum atomic E-state index is -0.0454. The average Bonchev–Trinajstić information content (AvgIpc) is 2.79. The fourth-order valence-corrected chi connectivity index (χ4v) is 2.21. The maximum atomic E-state index is 9.61. The van der Waals surface area contributed by atoms with Crippen molar-refractivity contribution in [2.24, 2.45) is 0 Å². The molecule has 0 atom stereocenters. The lowest BCUT2D eigenvalue weighted by Crippen LogP contribution is -1.97. The molecule has 0 fully saturated rings. The van der Waals surface area contributed by atoms with E-state index < -0.39 is 0 Å². The van der Waals surface area contributed by atoms with Crippen LogP contribution in [-0.4, -0.2) is 19.5 Å². The molecule has 90 valence electrons. The number of aliphatic hydroxyl groups excluding tert-OH is 1. The van der Waals surface area contributed by atoms with Crippen molar-refractivity contribution in [1.82, 2.24) is 14.4 Å². The summed E-state index contributed by atoms with van der Waals surface area (Å²) in [4.78, 5) is 8.68. The van der Waals surface area contributed by atoms with Crippen molar-refractivity contribution in [2.75, 3.05) is 0 Å². The monoisotopic (exact) mass is 239 g/mol. The molecule has 0 unspecified atom stereocenters. The zero-order chi connectivity index (χ0) is 12.5. The standard InChI is InChI=1S/C14H13N3O/c1-10-4-2-6-13-16-14(12(9-18)17(10)13)11-5-3-7-15-8-11/h2-8,18H,9H2,1H3. The fraction of sp³-hybridized carbons (Fsp3) is 0.143. The van der Waals surface area contributed by atoms with Gasteiger partial charge in [-0.05, 0) is 31.2 Å². The van der Waals surface area contributed by atoms with Gasteiger partial charge in [0, 0.05) is 23.7 Å². The predicted molar refractivity (Wildman–Crippen MR) is 69.1 cm³/mol. The van der Waals surface area contributed by atoms with E-state index in [4.69, 9.17) is 0 Å². The molecule has 0 aliphatic heterocycles. The van der Waals surface area contributed by atoms with Crippen LogP contribution in [0, 0.1) is 6.92 Å². The summed E-state index contributed by atoms with van der Waals surface area (Å²) in [7, 11) is 0. The van der Waals surface area contributed by atoms with Gasteiger partial charge in [-0.1, -0.05) is 6.07 Å². The second kappa shape index (κ2) is 4.23. The molecule has 4 nitrogen and oxygen atoms in total. The lowest BCUT2D eigenvalue weighted by atomic mass is 10.2. The second-order valence-electron chi connectivity index (χ2n) is 4.17. The SMILES string of the molecule is Cc1cccc2nc(-c3cccnc3)c(CO)n12. The quantitative estimate of drug-likeness (QED) is 0.745. The Morgan fingerprint density at radius 2 is 2.11 bits per heavy atom. The van der Waals surface area contributed by atoms with E-state index >= 15 is 0 Å². The highest BCUT2D eigenvalue weighted by Crippen LogP contribution is 2.24. The van der Waals surface area contributed by atoms with Gasteiger partial charge in [0.15, 0.2) is 0 Å². The van der Waals surface area contributed by atoms with Crippen LogP contribution < -0.4 is 0 Å². The molecule has 0 saturated heterocycles. The predicted octanol–water partition coefficient (Wildman–Crippen LogP) is 2.20. The summed E-state index contributed by atoms with van der Waals surface area (Å²) in [5.41, 5.74) is 4.41. The molecule has 3 aromatic heterocycles. The number of fused-ring (bicyclic) bond motifs is 1. The third-order valence-electron chi connectivity index (χ3n) is 3.02.